The maximum atomic E-state index is 12.5. The third kappa shape index (κ3) is 4.89. The predicted octanol–water partition coefficient (Wildman–Crippen LogP) is 2.74. The molecule has 0 spiro atoms. The van der Waals surface area contributed by atoms with Gasteiger partial charge in [0, 0.05) is 6.20 Å². The van der Waals surface area contributed by atoms with Crippen molar-refractivity contribution in [3.63, 3.8) is 0 Å². The van der Waals surface area contributed by atoms with Crippen LogP contribution in [0.4, 0.5) is 8.78 Å². The number of thiol groups is 1. The number of halogens is 2. The summed E-state index contributed by atoms with van der Waals surface area (Å²) in [7, 11) is -3.02. The Labute approximate surface area is 153 Å². The minimum absolute atomic E-state index is 0.0914. The zero-order valence-electron chi connectivity index (χ0n) is 13.2. The van der Waals surface area contributed by atoms with Crippen LogP contribution in [0.5, 0.6) is 0 Å². The molecule has 0 radical (unpaired) electrons. The van der Waals surface area contributed by atoms with Gasteiger partial charge in [0.15, 0.2) is 0 Å². The SMILES string of the molecule is C=C/C=C\N=C(/C=C)N(Cc1ncc(-c2nnc(C(F)F)o2)s1)[SH](=O)=O. The minimum Gasteiger partial charge on any atom is -0.414 e. The molecule has 26 heavy (non-hydrogen) atoms. The molecule has 2 rings (SSSR count). The van der Waals surface area contributed by atoms with Crippen LogP contribution in [0.25, 0.3) is 10.8 Å². The van der Waals surface area contributed by atoms with Crippen LogP contribution < -0.4 is 0 Å². The first kappa shape index (κ1) is 19.6. The van der Waals surface area contributed by atoms with Crippen molar-refractivity contribution < 1.29 is 21.6 Å². The van der Waals surface area contributed by atoms with Gasteiger partial charge in [-0.3, -0.25) is 0 Å². The van der Waals surface area contributed by atoms with E-state index in [1.165, 1.54) is 30.6 Å². The summed E-state index contributed by atoms with van der Waals surface area (Å²) in [6.07, 6.45) is 4.11. The number of aliphatic imine (C=N–C) groups is 1. The summed E-state index contributed by atoms with van der Waals surface area (Å²) in [5.41, 5.74) is 0. The highest BCUT2D eigenvalue weighted by atomic mass is 32.2. The molecular formula is C14H13F2N5O3S2. The molecule has 8 nitrogen and oxygen atoms in total. The molecule has 0 unspecified atom stereocenters. The zero-order valence-corrected chi connectivity index (χ0v) is 14.9. The van der Waals surface area contributed by atoms with Gasteiger partial charge in [0.05, 0.1) is 12.7 Å². The monoisotopic (exact) mass is 401 g/mol. The molecule has 0 saturated heterocycles. The molecule has 0 bridgehead atoms. The summed E-state index contributed by atoms with van der Waals surface area (Å²) in [6.45, 7) is 6.90. The molecule has 138 valence electrons. The Hall–Kier alpha value is -2.73. The lowest BCUT2D eigenvalue weighted by atomic mass is 10.5. The highest BCUT2D eigenvalue weighted by Gasteiger charge is 2.20. The van der Waals surface area contributed by atoms with E-state index in [0.29, 0.717) is 9.88 Å². The molecule has 2 heterocycles. The molecule has 0 aliphatic rings. The first-order valence-electron chi connectivity index (χ1n) is 6.92. The van der Waals surface area contributed by atoms with E-state index >= 15 is 0 Å². The molecule has 0 aliphatic heterocycles. The van der Waals surface area contributed by atoms with E-state index in [0.717, 1.165) is 15.6 Å². The van der Waals surface area contributed by atoms with Crippen LogP contribution >= 0.6 is 11.3 Å². The van der Waals surface area contributed by atoms with Gasteiger partial charge < -0.3 is 4.42 Å². The Kier molecular flexibility index (Phi) is 6.86. The maximum Gasteiger partial charge on any atom is 0.314 e. The van der Waals surface area contributed by atoms with E-state index in [1.807, 2.05) is 0 Å². The summed E-state index contributed by atoms with van der Waals surface area (Å²) >= 11 is 1.03. The van der Waals surface area contributed by atoms with Crippen LogP contribution in [0.1, 0.15) is 17.3 Å². The highest BCUT2D eigenvalue weighted by molar-refractivity contribution is 7.70. The fourth-order valence-corrected chi connectivity index (χ4v) is 3.13. The smallest absolute Gasteiger partial charge is 0.314 e. The molecule has 0 N–H and O–H groups in total. The molecule has 0 aliphatic carbocycles. The predicted molar refractivity (Wildman–Crippen MR) is 93.2 cm³/mol. The average molecular weight is 401 g/mol. The Morgan fingerprint density at radius 2 is 2.19 bits per heavy atom. The Morgan fingerprint density at radius 3 is 2.77 bits per heavy atom. The van der Waals surface area contributed by atoms with Gasteiger partial charge in [-0.15, -0.1) is 21.5 Å². The van der Waals surface area contributed by atoms with E-state index < -0.39 is 23.2 Å². The Bertz CT molecular complexity index is 909. The average Bonchev–Trinajstić information content (AvgIpc) is 3.26. The van der Waals surface area contributed by atoms with Crippen molar-refractivity contribution in [3.05, 3.63) is 54.7 Å². The number of alkyl halides is 2. The number of aromatic nitrogens is 3. The summed E-state index contributed by atoms with van der Waals surface area (Å²) < 4.78 is 53.9. The second kappa shape index (κ2) is 9.10. The number of amidine groups is 1. The van der Waals surface area contributed by atoms with Crippen molar-refractivity contribution in [2.75, 3.05) is 0 Å². The van der Waals surface area contributed by atoms with E-state index in [2.05, 4.69) is 33.3 Å². The molecule has 0 amide bonds. The Balaban J connectivity index is 2.23. The van der Waals surface area contributed by atoms with Crippen molar-refractivity contribution in [2.24, 2.45) is 4.99 Å². The van der Waals surface area contributed by atoms with E-state index in [-0.39, 0.29) is 18.3 Å². The van der Waals surface area contributed by atoms with Gasteiger partial charge >= 0.3 is 6.43 Å². The van der Waals surface area contributed by atoms with Gasteiger partial charge in [0.1, 0.15) is 15.7 Å². The van der Waals surface area contributed by atoms with Crippen molar-refractivity contribution in [1.29, 1.82) is 0 Å². The van der Waals surface area contributed by atoms with Crippen molar-refractivity contribution in [3.8, 4) is 10.8 Å². The molecule has 2 aromatic heterocycles. The third-order valence-electron chi connectivity index (χ3n) is 2.75. The van der Waals surface area contributed by atoms with Gasteiger partial charge in [-0.1, -0.05) is 19.2 Å². The van der Waals surface area contributed by atoms with Crippen LogP contribution in [-0.2, 0) is 17.4 Å². The lowest BCUT2D eigenvalue weighted by Gasteiger charge is -2.15. The first-order chi connectivity index (χ1) is 12.5. The summed E-state index contributed by atoms with van der Waals surface area (Å²) in [4.78, 5) is 8.37. The fourth-order valence-electron chi connectivity index (χ4n) is 1.66. The number of thiazole rings is 1. The van der Waals surface area contributed by atoms with E-state index in [9.17, 15) is 17.2 Å². The minimum atomic E-state index is -3.02. The molecule has 0 aromatic carbocycles. The fraction of sp³-hybridized carbons (Fsp3) is 0.143. The summed E-state index contributed by atoms with van der Waals surface area (Å²) in [5, 5.41) is 7.12. The zero-order chi connectivity index (χ0) is 19.1. The second-order valence-electron chi connectivity index (χ2n) is 4.43. The number of nitrogens with zero attached hydrogens (tertiary/aromatic N) is 5. The standard InChI is InChI=1S/C14H13F2N5O3S2/c1-3-5-6-17-10(4-2)21(26(22)23)8-11-18-7-9(25-11)13-19-20-14(24-13)12(15)16/h3-7,12,26H,1-2,8H2/b6-5-,17-10+. The van der Waals surface area contributed by atoms with E-state index in [1.54, 1.807) is 0 Å². The van der Waals surface area contributed by atoms with Crippen LogP contribution in [-0.4, -0.2) is 33.7 Å². The molecule has 0 fully saturated rings. The molecule has 2 aromatic rings. The van der Waals surface area contributed by atoms with Crippen molar-refractivity contribution >= 4 is 28.1 Å². The van der Waals surface area contributed by atoms with Crippen LogP contribution in [0.15, 0.2) is 53.2 Å². The summed E-state index contributed by atoms with van der Waals surface area (Å²) in [5.74, 6) is -0.823. The summed E-state index contributed by atoms with van der Waals surface area (Å²) in [6, 6.07) is 0. The van der Waals surface area contributed by atoms with Crippen LogP contribution in [0.3, 0.4) is 0 Å². The normalized spacial score (nSPS) is 12.2. The first-order valence-corrected chi connectivity index (χ1v) is 8.87. The van der Waals surface area contributed by atoms with Gasteiger partial charge in [-0.05, 0) is 12.2 Å². The highest BCUT2D eigenvalue weighted by Crippen LogP contribution is 2.28. The maximum absolute atomic E-state index is 12.5. The quantitative estimate of drug-likeness (QED) is 0.316. The van der Waals surface area contributed by atoms with E-state index in [4.69, 9.17) is 4.42 Å². The number of hydrogen-bond acceptors (Lipinski definition) is 8. The molecule has 12 heteroatoms. The lowest BCUT2D eigenvalue weighted by molar-refractivity contribution is 0.116. The van der Waals surface area contributed by atoms with Gasteiger partial charge in [0.2, 0.25) is 10.9 Å². The van der Waals surface area contributed by atoms with Gasteiger partial charge in [-0.2, -0.15) is 8.78 Å². The second-order valence-corrected chi connectivity index (χ2v) is 6.50. The number of allylic oxidation sites excluding steroid dienone is 2. The van der Waals surface area contributed by atoms with Crippen molar-refractivity contribution in [2.45, 2.75) is 13.0 Å². The molecule has 0 saturated carbocycles. The van der Waals surface area contributed by atoms with Gasteiger partial charge in [-0.25, -0.2) is 22.7 Å². The van der Waals surface area contributed by atoms with Crippen LogP contribution in [0, 0.1) is 0 Å². The molecule has 0 atom stereocenters. The van der Waals surface area contributed by atoms with Crippen molar-refractivity contribution in [1.82, 2.24) is 19.5 Å². The largest absolute Gasteiger partial charge is 0.414 e. The topological polar surface area (TPSA) is 102 Å². The lowest BCUT2D eigenvalue weighted by Crippen LogP contribution is -2.27. The number of rotatable bonds is 8. The molecular weight excluding hydrogens is 388 g/mol. The number of hydrogen-bond donors (Lipinski definition) is 1. The third-order valence-corrected chi connectivity index (χ3v) is 4.46. The Morgan fingerprint density at radius 1 is 1.42 bits per heavy atom. The van der Waals surface area contributed by atoms with Gasteiger partial charge in [0.25, 0.3) is 11.8 Å². The van der Waals surface area contributed by atoms with Crippen LogP contribution in [0.2, 0.25) is 0 Å².